The molecule has 1 aliphatic carbocycles. The van der Waals surface area contributed by atoms with Crippen LogP contribution in [0.5, 0.6) is 0 Å². The van der Waals surface area contributed by atoms with Crippen LogP contribution in [0.1, 0.15) is 46.0 Å². The van der Waals surface area contributed by atoms with Crippen molar-refractivity contribution in [3.8, 4) is 0 Å². The Bertz CT molecular complexity index is 312. The highest BCUT2D eigenvalue weighted by Crippen LogP contribution is 2.26. The Morgan fingerprint density at radius 1 is 1.22 bits per heavy atom. The molecule has 0 aromatic carbocycles. The maximum atomic E-state index is 12.0. The first-order valence-corrected chi connectivity index (χ1v) is 6.15. The molecule has 1 aliphatic rings. The van der Waals surface area contributed by atoms with Gasteiger partial charge < -0.3 is 16.8 Å². The molecule has 106 valence electrons. The van der Waals surface area contributed by atoms with Crippen molar-refractivity contribution < 1.29 is 9.59 Å². The molecular formula is C12H24ClN3O2. The van der Waals surface area contributed by atoms with E-state index in [9.17, 15) is 9.59 Å². The average molecular weight is 278 g/mol. The zero-order valence-corrected chi connectivity index (χ0v) is 11.9. The highest BCUT2D eigenvalue weighted by Gasteiger charge is 2.36. The van der Waals surface area contributed by atoms with Crippen LogP contribution in [0.3, 0.4) is 0 Å². The van der Waals surface area contributed by atoms with Gasteiger partial charge in [0.25, 0.3) is 0 Å². The minimum atomic E-state index is -0.758. The Balaban J connectivity index is 0.00000289. The van der Waals surface area contributed by atoms with E-state index < -0.39 is 16.9 Å². The monoisotopic (exact) mass is 277 g/mol. The van der Waals surface area contributed by atoms with Crippen LogP contribution in [0.4, 0.5) is 0 Å². The predicted octanol–water partition coefficient (Wildman–Crippen LogP) is 0.697. The molecule has 0 radical (unpaired) electrons. The van der Waals surface area contributed by atoms with Crippen molar-refractivity contribution in [2.24, 2.45) is 16.9 Å². The van der Waals surface area contributed by atoms with E-state index in [2.05, 4.69) is 5.32 Å². The van der Waals surface area contributed by atoms with Crippen molar-refractivity contribution in [1.82, 2.24) is 5.32 Å². The maximum absolute atomic E-state index is 12.0. The number of halogens is 1. The molecule has 5 nitrogen and oxygen atoms in total. The quantitative estimate of drug-likeness (QED) is 0.705. The fourth-order valence-electron chi connectivity index (χ4n) is 1.97. The van der Waals surface area contributed by atoms with Crippen molar-refractivity contribution in [3.05, 3.63) is 0 Å². The third kappa shape index (κ3) is 4.14. The third-order valence-corrected chi connectivity index (χ3v) is 3.56. The fourth-order valence-corrected chi connectivity index (χ4v) is 1.97. The number of carbonyl (C=O) groups is 2. The summed E-state index contributed by atoms with van der Waals surface area (Å²) >= 11 is 0. The van der Waals surface area contributed by atoms with Crippen LogP contribution in [-0.4, -0.2) is 23.9 Å². The first-order valence-electron chi connectivity index (χ1n) is 6.15. The highest BCUT2D eigenvalue weighted by atomic mass is 35.5. The van der Waals surface area contributed by atoms with Crippen molar-refractivity contribution in [1.29, 1.82) is 0 Å². The van der Waals surface area contributed by atoms with Crippen LogP contribution in [-0.2, 0) is 9.59 Å². The van der Waals surface area contributed by atoms with Gasteiger partial charge in [-0.2, -0.15) is 0 Å². The lowest BCUT2D eigenvalue weighted by atomic mass is 9.81. The summed E-state index contributed by atoms with van der Waals surface area (Å²) in [5.74, 6) is -0.584. The Hall–Kier alpha value is -0.810. The minimum Gasteiger partial charge on any atom is -0.369 e. The van der Waals surface area contributed by atoms with Crippen molar-refractivity contribution >= 4 is 24.2 Å². The number of hydrogen-bond acceptors (Lipinski definition) is 3. The van der Waals surface area contributed by atoms with E-state index in [1.165, 1.54) is 0 Å². The third-order valence-electron chi connectivity index (χ3n) is 3.56. The molecular weight excluding hydrogens is 254 g/mol. The zero-order valence-electron chi connectivity index (χ0n) is 11.1. The average Bonchev–Trinajstić information content (AvgIpc) is 2.26. The van der Waals surface area contributed by atoms with Gasteiger partial charge in [0.1, 0.15) is 0 Å². The topological polar surface area (TPSA) is 98.2 Å². The second-order valence-electron chi connectivity index (χ2n) is 5.65. The molecule has 0 spiro atoms. The molecule has 6 heteroatoms. The van der Waals surface area contributed by atoms with E-state index in [1.54, 1.807) is 13.8 Å². The van der Waals surface area contributed by atoms with Crippen molar-refractivity contribution in [3.63, 3.8) is 0 Å². The summed E-state index contributed by atoms with van der Waals surface area (Å²) < 4.78 is 0. The normalized spacial score (nSPS) is 18.6. The second kappa shape index (κ2) is 6.38. The molecule has 0 aliphatic heterocycles. The molecule has 1 fully saturated rings. The summed E-state index contributed by atoms with van der Waals surface area (Å²) in [5, 5.41) is 2.75. The van der Waals surface area contributed by atoms with Crippen molar-refractivity contribution in [2.45, 2.75) is 51.5 Å². The molecule has 1 saturated carbocycles. The van der Waals surface area contributed by atoms with Gasteiger partial charge in [-0.05, 0) is 26.7 Å². The first kappa shape index (κ1) is 17.2. The van der Waals surface area contributed by atoms with Gasteiger partial charge in [-0.15, -0.1) is 12.4 Å². The molecule has 0 atom stereocenters. The van der Waals surface area contributed by atoms with Gasteiger partial charge in [0, 0.05) is 6.54 Å². The summed E-state index contributed by atoms with van der Waals surface area (Å²) in [6.07, 6.45) is 4.55. The largest absolute Gasteiger partial charge is 0.369 e. The van der Waals surface area contributed by atoms with E-state index in [4.69, 9.17) is 11.5 Å². The number of carbonyl (C=O) groups excluding carboxylic acids is 2. The second-order valence-corrected chi connectivity index (χ2v) is 5.65. The smallest absolute Gasteiger partial charge is 0.240 e. The summed E-state index contributed by atoms with van der Waals surface area (Å²) in [6, 6.07) is 0. The van der Waals surface area contributed by atoms with Gasteiger partial charge >= 0.3 is 0 Å². The molecule has 0 saturated heterocycles. The summed E-state index contributed by atoms with van der Waals surface area (Å²) in [4.78, 5) is 23.1. The Kier molecular flexibility index (Phi) is 6.10. The van der Waals surface area contributed by atoms with Crippen LogP contribution >= 0.6 is 12.4 Å². The van der Waals surface area contributed by atoms with Crippen LogP contribution in [0, 0.1) is 5.41 Å². The molecule has 5 N–H and O–H groups in total. The fraction of sp³-hybridized carbons (Fsp3) is 0.833. The molecule has 18 heavy (non-hydrogen) atoms. The Morgan fingerprint density at radius 2 is 1.72 bits per heavy atom. The highest BCUT2D eigenvalue weighted by molar-refractivity contribution is 5.87. The minimum absolute atomic E-state index is 0. The number of nitrogens with one attached hydrogen (secondary N) is 1. The lowest BCUT2D eigenvalue weighted by molar-refractivity contribution is -0.129. The molecule has 0 aromatic rings. The number of rotatable bonds is 4. The van der Waals surface area contributed by atoms with E-state index in [-0.39, 0.29) is 24.9 Å². The van der Waals surface area contributed by atoms with E-state index in [1.807, 2.05) is 0 Å². The number of primary amides is 1. The standard InChI is InChI=1S/C12H23N3O2.ClH/c1-11(2,9(13)16)8-15-10(17)12(14)6-4-3-5-7-12;/h3-8,14H2,1-2H3,(H2,13,16)(H,15,17);1H. The number of amides is 2. The molecule has 2 amide bonds. The molecule has 0 bridgehead atoms. The Labute approximate surface area is 114 Å². The molecule has 1 rings (SSSR count). The van der Waals surface area contributed by atoms with Crippen LogP contribution in [0.15, 0.2) is 0 Å². The predicted molar refractivity (Wildman–Crippen MR) is 73.2 cm³/mol. The van der Waals surface area contributed by atoms with Crippen LogP contribution in [0.2, 0.25) is 0 Å². The van der Waals surface area contributed by atoms with Gasteiger partial charge in [-0.25, -0.2) is 0 Å². The van der Waals surface area contributed by atoms with Gasteiger partial charge in [0.15, 0.2) is 0 Å². The van der Waals surface area contributed by atoms with Crippen molar-refractivity contribution in [2.75, 3.05) is 6.54 Å². The number of nitrogens with two attached hydrogens (primary N) is 2. The van der Waals surface area contributed by atoms with Crippen LogP contribution < -0.4 is 16.8 Å². The number of hydrogen-bond donors (Lipinski definition) is 3. The molecule has 0 aromatic heterocycles. The Morgan fingerprint density at radius 3 is 2.17 bits per heavy atom. The van der Waals surface area contributed by atoms with E-state index in [0.29, 0.717) is 0 Å². The van der Waals surface area contributed by atoms with Gasteiger partial charge in [0.05, 0.1) is 11.0 Å². The van der Waals surface area contributed by atoms with Gasteiger partial charge in [0.2, 0.25) is 11.8 Å². The van der Waals surface area contributed by atoms with Gasteiger partial charge in [-0.1, -0.05) is 19.3 Å². The maximum Gasteiger partial charge on any atom is 0.240 e. The first-order chi connectivity index (χ1) is 7.78. The summed E-state index contributed by atoms with van der Waals surface area (Å²) in [6.45, 7) is 3.65. The van der Waals surface area contributed by atoms with Gasteiger partial charge in [-0.3, -0.25) is 9.59 Å². The molecule has 0 heterocycles. The zero-order chi connectivity index (χ0) is 13.1. The summed E-state index contributed by atoms with van der Waals surface area (Å²) in [7, 11) is 0. The van der Waals surface area contributed by atoms with E-state index >= 15 is 0 Å². The van der Waals surface area contributed by atoms with E-state index in [0.717, 1.165) is 32.1 Å². The lowest BCUT2D eigenvalue weighted by Crippen LogP contribution is -2.57. The molecule has 0 unspecified atom stereocenters. The van der Waals surface area contributed by atoms with Crippen LogP contribution in [0.25, 0.3) is 0 Å². The lowest BCUT2D eigenvalue weighted by Gasteiger charge is -2.33. The SMILES string of the molecule is CC(C)(CNC(=O)C1(N)CCCCC1)C(N)=O.Cl. The summed E-state index contributed by atoms with van der Waals surface area (Å²) in [5.41, 5.74) is 9.83.